The summed E-state index contributed by atoms with van der Waals surface area (Å²) in [6, 6.07) is -0.345. The van der Waals surface area contributed by atoms with Gasteiger partial charge in [0.15, 0.2) is 0 Å². The topological polar surface area (TPSA) is 55.1 Å². The van der Waals surface area contributed by atoms with E-state index in [1.807, 2.05) is 18.0 Å². The van der Waals surface area contributed by atoms with E-state index in [9.17, 15) is 4.79 Å². The van der Waals surface area contributed by atoms with Gasteiger partial charge < -0.3 is 11.1 Å². The van der Waals surface area contributed by atoms with Gasteiger partial charge in [0.1, 0.15) is 0 Å². The van der Waals surface area contributed by atoms with Gasteiger partial charge in [0.05, 0.1) is 6.04 Å². The number of nitrogens with one attached hydrogen (secondary N) is 1. The molecule has 3 N–H and O–H groups in total. The molecule has 0 aliphatic rings. The molecule has 0 aliphatic carbocycles. The van der Waals surface area contributed by atoms with Gasteiger partial charge in [-0.05, 0) is 31.1 Å². The van der Waals surface area contributed by atoms with E-state index in [-0.39, 0.29) is 11.9 Å². The smallest absolute Gasteiger partial charge is 0.236 e. The average molecular weight is 250 g/mol. The van der Waals surface area contributed by atoms with Gasteiger partial charge >= 0.3 is 0 Å². The standard InChI is InChI=1S/C10H22N2OS2/c1-8(15-3)4-6-12-10(13)9(11)5-7-14-2/h8-9H,4-7,11H2,1-3H3,(H,12,13)/t8?,9-/m1/s1. The molecule has 0 spiro atoms. The molecule has 0 saturated carbocycles. The summed E-state index contributed by atoms with van der Waals surface area (Å²) in [6.45, 7) is 2.89. The van der Waals surface area contributed by atoms with Crippen LogP contribution in [-0.2, 0) is 4.79 Å². The predicted octanol–water partition coefficient (Wildman–Crippen LogP) is 1.32. The Morgan fingerprint density at radius 1 is 1.40 bits per heavy atom. The molecule has 1 unspecified atom stereocenters. The first kappa shape index (κ1) is 15.1. The van der Waals surface area contributed by atoms with Crippen LogP contribution in [0.5, 0.6) is 0 Å². The normalized spacial score (nSPS) is 14.7. The minimum Gasteiger partial charge on any atom is -0.355 e. The van der Waals surface area contributed by atoms with Crippen LogP contribution < -0.4 is 11.1 Å². The Morgan fingerprint density at radius 3 is 2.60 bits per heavy atom. The number of thioether (sulfide) groups is 2. The van der Waals surface area contributed by atoms with Crippen molar-refractivity contribution < 1.29 is 4.79 Å². The van der Waals surface area contributed by atoms with E-state index >= 15 is 0 Å². The second-order valence-electron chi connectivity index (χ2n) is 3.51. The van der Waals surface area contributed by atoms with Gasteiger partial charge in [-0.25, -0.2) is 0 Å². The Bertz CT molecular complexity index is 179. The van der Waals surface area contributed by atoms with Crippen molar-refractivity contribution >= 4 is 29.4 Å². The van der Waals surface area contributed by atoms with Crippen molar-refractivity contribution in [3.63, 3.8) is 0 Å². The zero-order chi connectivity index (χ0) is 11.7. The molecule has 0 radical (unpaired) electrons. The first-order valence-corrected chi connectivity index (χ1v) is 7.85. The molecule has 0 aromatic heterocycles. The molecule has 2 atom stereocenters. The highest BCUT2D eigenvalue weighted by Crippen LogP contribution is 2.08. The number of carbonyl (C=O) groups is 1. The SMILES string of the molecule is CSCC[C@@H](N)C(=O)NCCC(C)SC. The summed E-state index contributed by atoms with van der Waals surface area (Å²) in [5.74, 6) is 0.924. The zero-order valence-electron chi connectivity index (χ0n) is 9.79. The average Bonchev–Trinajstić information content (AvgIpc) is 2.25. The van der Waals surface area contributed by atoms with Gasteiger partial charge in [-0.1, -0.05) is 6.92 Å². The third-order valence-corrected chi connectivity index (χ3v) is 3.91. The van der Waals surface area contributed by atoms with Gasteiger partial charge in [0, 0.05) is 11.8 Å². The van der Waals surface area contributed by atoms with Crippen LogP contribution in [-0.4, -0.2) is 42.0 Å². The van der Waals surface area contributed by atoms with E-state index in [1.165, 1.54) is 0 Å². The van der Waals surface area contributed by atoms with Gasteiger partial charge in [-0.3, -0.25) is 4.79 Å². The maximum absolute atomic E-state index is 11.5. The van der Waals surface area contributed by atoms with E-state index in [0.717, 1.165) is 25.1 Å². The summed E-state index contributed by atoms with van der Waals surface area (Å²) in [7, 11) is 0. The molecular weight excluding hydrogens is 228 g/mol. The molecule has 0 heterocycles. The van der Waals surface area contributed by atoms with Crippen LogP contribution in [0.4, 0.5) is 0 Å². The first-order chi connectivity index (χ1) is 7.11. The first-order valence-electron chi connectivity index (χ1n) is 5.16. The molecule has 0 fully saturated rings. The Labute approximate surface area is 101 Å². The Balaban J connectivity index is 3.55. The number of rotatable bonds is 8. The van der Waals surface area contributed by atoms with E-state index in [4.69, 9.17) is 5.73 Å². The number of nitrogens with two attached hydrogens (primary N) is 1. The summed E-state index contributed by atoms with van der Waals surface area (Å²) in [5.41, 5.74) is 5.72. The molecule has 0 rings (SSSR count). The van der Waals surface area contributed by atoms with Crippen LogP contribution in [0.1, 0.15) is 19.8 Å². The molecule has 0 aromatic carbocycles. The van der Waals surface area contributed by atoms with Gasteiger partial charge in [-0.15, -0.1) is 0 Å². The van der Waals surface area contributed by atoms with Gasteiger partial charge in [0.25, 0.3) is 0 Å². The fourth-order valence-electron chi connectivity index (χ4n) is 1.02. The van der Waals surface area contributed by atoms with Crippen LogP contribution in [0.25, 0.3) is 0 Å². The van der Waals surface area contributed by atoms with Crippen molar-refractivity contribution in [2.45, 2.75) is 31.1 Å². The summed E-state index contributed by atoms with van der Waals surface area (Å²) >= 11 is 3.53. The summed E-state index contributed by atoms with van der Waals surface area (Å²) in [5, 5.41) is 3.46. The highest BCUT2D eigenvalue weighted by Gasteiger charge is 2.12. The van der Waals surface area contributed by atoms with Crippen LogP contribution >= 0.6 is 23.5 Å². The van der Waals surface area contributed by atoms with Crippen molar-refractivity contribution in [3.8, 4) is 0 Å². The molecule has 0 saturated heterocycles. The lowest BCUT2D eigenvalue weighted by Crippen LogP contribution is -2.41. The summed E-state index contributed by atoms with van der Waals surface area (Å²) in [4.78, 5) is 11.5. The Hall–Kier alpha value is 0.130. The lowest BCUT2D eigenvalue weighted by atomic mass is 10.2. The van der Waals surface area contributed by atoms with Crippen molar-refractivity contribution in [1.29, 1.82) is 0 Å². The molecule has 0 aliphatic heterocycles. The largest absolute Gasteiger partial charge is 0.355 e. The van der Waals surface area contributed by atoms with Crippen molar-refractivity contribution in [2.75, 3.05) is 24.8 Å². The van der Waals surface area contributed by atoms with E-state index in [1.54, 1.807) is 11.8 Å². The predicted molar refractivity (Wildman–Crippen MR) is 71.6 cm³/mol. The van der Waals surface area contributed by atoms with Crippen molar-refractivity contribution in [2.24, 2.45) is 5.73 Å². The number of amides is 1. The number of hydrogen-bond donors (Lipinski definition) is 2. The highest BCUT2D eigenvalue weighted by molar-refractivity contribution is 7.99. The number of hydrogen-bond acceptors (Lipinski definition) is 4. The van der Waals surface area contributed by atoms with Crippen LogP contribution in [0.2, 0.25) is 0 Å². The van der Waals surface area contributed by atoms with E-state index in [0.29, 0.717) is 5.25 Å². The maximum atomic E-state index is 11.5. The lowest BCUT2D eigenvalue weighted by molar-refractivity contribution is -0.122. The van der Waals surface area contributed by atoms with E-state index in [2.05, 4.69) is 18.5 Å². The molecule has 0 bridgehead atoms. The Morgan fingerprint density at radius 2 is 2.07 bits per heavy atom. The van der Waals surface area contributed by atoms with Crippen LogP contribution in [0.3, 0.4) is 0 Å². The molecule has 5 heteroatoms. The Kier molecular flexibility index (Phi) is 9.44. The van der Waals surface area contributed by atoms with Crippen LogP contribution in [0.15, 0.2) is 0 Å². The van der Waals surface area contributed by atoms with Crippen LogP contribution in [0, 0.1) is 0 Å². The molecule has 90 valence electrons. The molecule has 1 amide bonds. The van der Waals surface area contributed by atoms with Crippen molar-refractivity contribution in [3.05, 3.63) is 0 Å². The third-order valence-electron chi connectivity index (χ3n) is 2.22. The monoisotopic (exact) mass is 250 g/mol. The minimum atomic E-state index is -0.345. The summed E-state index contributed by atoms with van der Waals surface area (Å²) < 4.78 is 0. The lowest BCUT2D eigenvalue weighted by Gasteiger charge is -2.13. The third kappa shape index (κ3) is 7.99. The molecule has 0 aromatic rings. The van der Waals surface area contributed by atoms with E-state index < -0.39 is 0 Å². The van der Waals surface area contributed by atoms with Gasteiger partial charge in [0.2, 0.25) is 5.91 Å². The molecular formula is C10H22N2OS2. The molecule has 3 nitrogen and oxygen atoms in total. The maximum Gasteiger partial charge on any atom is 0.236 e. The van der Waals surface area contributed by atoms with Crippen molar-refractivity contribution in [1.82, 2.24) is 5.32 Å². The minimum absolute atomic E-state index is 0.0163. The second-order valence-corrected chi connectivity index (χ2v) is 5.78. The second kappa shape index (κ2) is 9.36. The quantitative estimate of drug-likeness (QED) is 0.682. The highest BCUT2D eigenvalue weighted by atomic mass is 32.2. The fraction of sp³-hybridized carbons (Fsp3) is 0.900. The zero-order valence-corrected chi connectivity index (χ0v) is 11.4. The van der Waals surface area contributed by atoms with Gasteiger partial charge in [-0.2, -0.15) is 23.5 Å². The fourth-order valence-corrected chi connectivity index (χ4v) is 1.87. The number of carbonyl (C=O) groups excluding carboxylic acids is 1. The summed E-state index contributed by atoms with van der Waals surface area (Å²) in [6.07, 6.45) is 5.86. The molecule has 15 heavy (non-hydrogen) atoms.